The van der Waals surface area contributed by atoms with Crippen LogP contribution in [0.5, 0.6) is 11.5 Å². The van der Waals surface area contributed by atoms with Crippen molar-refractivity contribution in [3.05, 3.63) is 70.5 Å². The summed E-state index contributed by atoms with van der Waals surface area (Å²) < 4.78 is 12.8. The highest BCUT2D eigenvalue weighted by Crippen LogP contribution is 2.40. The highest BCUT2D eigenvalue weighted by Gasteiger charge is 2.36. The minimum atomic E-state index is -0.672. The highest BCUT2D eigenvalue weighted by atomic mass is 35.5. The van der Waals surface area contributed by atoms with Gasteiger partial charge in [0.25, 0.3) is 5.91 Å². The molecule has 1 unspecified atom stereocenters. The number of hydrogen-bond acceptors (Lipinski definition) is 6. The smallest absolute Gasteiger partial charge is 0.270 e. The molecule has 3 aromatic rings. The molecule has 3 heterocycles. The molecule has 0 radical (unpaired) electrons. The second kappa shape index (κ2) is 9.91. The van der Waals surface area contributed by atoms with Crippen LogP contribution in [0.1, 0.15) is 27.5 Å². The highest BCUT2D eigenvalue weighted by molar-refractivity contribution is 6.31. The lowest BCUT2D eigenvalue weighted by molar-refractivity contribution is -0.115. The first kappa shape index (κ1) is 24.9. The van der Waals surface area contributed by atoms with Gasteiger partial charge >= 0.3 is 0 Å². The molecule has 2 aliphatic heterocycles. The molecule has 1 atom stereocenters. The zero-order chi connectivity index (χ0) is 26.3. The number of aromatic nitrogens is 1. The third kappa shape index (κ3) is 4.92. The summed E-state index contributed by atoms with van der Waals surface area (Å²) in [6.45, 7) is 1.49. The van der Waals surface area contributed by atoms with Gasteiger partial charge < -0.3 is 29.2 Å². The molecule has 10 heteroatoms. The molecule has 192 valence electrons. The molecule has 2 aliphatic rings. The molecule has 9 nitrogen and oxygen atoms in total. The lowest BCUT2D eigenvalue weighted by atomic mass is 9.90. The number of aryl methyl sites for hydroxylation is 1. The number of carbonyl (C=O) groups excluding carboxylic acids is 2. The molecule has 0 spiro atoms. The average Bonchev–Trinajstić information content (AvgIpc) is 3.56. The van der Waals surface area contributed by atoms with E-state index in [1.54, 1.807) is 40.9 Å². The van der Waals surface area contributed by atoms with E-state index >= 15 is 0 Å². The second-order valence-corrected chi connectivity index (χ2v) is 9.88. The topological polar surface area (TPSA) is 88.4 Å². The minimum Gasteiger partial charge on any atom is -0.454 e. The number of anilines is 1. The Labute approximate surface area is 220 Å². The third-order valence-corrected chi connectivity index (χ3v) is 6.71. The maximum atomic E-state index is 13.2. The van der Waals surface area contributed by atoms with Crippen LogP contribution in [0.2, 0.25) is 5.02 Å². The summed E-state index contributed by atoms with van der Waals surface area (Å²) >= 11 is 6.17. The molecule has 0 saturated carbocycles. The van der Waals surface area contributed by atoms with Crippen molar-refractivity contribution in [2.24, 2.45) is 12.0 Å². The van der Waals surface area contributed by atoms with Crippen LogP contribution < -0.4 is 14.8 Å². The fourth-order valence-corrected chi connectivity index (χ4v) is 4.64. The number of carbonyl (C=O) groups is 2. The summed E-state index contributed by atoms with van der Waals surface area (Å²) in [6.07, 6.45) is 1.79. The Balaban J connectivity index is 1.56. The van der Waals surface area contributed by atoms with Gasteiger partial charge in [-0.25, -0.2) is 0 Å². The van der Waals surface area contributed by atoms with E-state index in [0.29, 0.717) is 51.4 Å². The Kier molecular flexibility index (Phi) is 6.66. The lowest BCUT2D eigenvalue weighted by Crippen LogP contribution is -2.34. The first-order valence-electron chi connectivity index (χ1n) is 11.9. The minimum absolute atomic E-state index is 0.103. The van der Waals surface area contributed by atoms with Gasteiger partial charge in [-0.2, -0.15) is 0 Å². The summed E-state index contributed by atoms with van der Waals surface area (Å²) in [5.41, 5.74) is 3.75. The normalized spacial score (nSPS) is 16.2. The van der Waals surface area contributed by atoms with Crippen LogP contribution in [-0.2, 0) is 11.8 Å². The summed E-state index contributed by atoms with van der Waals surface area (Å²) in [7, 11) is 7.53. The summed E-state index contributed by atoms with van der Waals surface area (Å²) in [6, 6.07) is 12.6. The Morgan fingerprint density at radius 3 is 2.68 bits per heavy atom. The molecular formula is C27H28ClN5O4. The number of hydrogen-bond donors (Lipinski definition) is 1. The van der Waals surface area contributed by atoms with Crippen LogP contribution in [0.4, 0.5) is 11.4 Å². The van der Waals surface area contributed by atoms with Gasteiger partial charge in [-0.05, 0) is 56.1 Å². The van der Waals surface area contributed by atoms with Gasteiger partial charge in [0, 0.05) is 49.7 Å². The Morgan fingerprint density at radius 2 is 1.89 bits per heavy atom. The molecule has 1 aromatic heterocycles. The molecule has 0 bridgehead atoms. The van der Waals surface area contributed by atoms with Crippen molar-refractivity contribution in [3.63, 3.8) is 0 Å². The van der Waals surface area contributed by atoms with Crippen LogP contribution in [0.15, 0.2) is 53.7 Å². The predicted octanol–water partition coefficient (Wildman–Crippen LogP) is 3.90. The van der Waals surface area contributed by atoms with E-state index in [-0.39, 0.29) is 18.6 Å². The van der Waals surface area contributed by atoms with Gasteiger partial charge in [0.05, 0.1) is 11.4 Å². The van der Waals surface area contributed by atoms with E-state index in [4.69, 9.17) is 26.1 Å². The summed E-state index contributed by atoms with van der Waals surface area (Å²) in [4.78, 5) is 35.0. The zero-order valence-corrected chi connectivity index (χ0v) is 21.9. The lowest BCUT2D eigenvalue weighted by Gasteiger charge is -2.19. The Morgan fingerprint density at radius 1 is 1.11 bits per heavy atom. The number of rotatable bonds is 7. The number of nitrogens with zero attached hydrogens (tertiary/aromatic N) is 4. The van der Waals surface area contributed by atoms with E-state index in [0.717, 1.165) is 12.1 Å². The Bertz CT molecular complexity index is 1410. The largest absolute Gasteiger partial charge is 0.454 e. The molecule has 0 saturated heterocycles. The van der Waals surface area contributed by atoms with E-state index in [2.05, 4.69) is 5.32 Å². The van der Waals surface area contributed by atoms with Crippen LogP contribution in [-0.4, -0.2) is 72.9 Å². The SMILES string of the molecule is CN(C)CCN(C)C(=O)c1cc(N=C(c2ccc3c(c2)OCO3)C2C(=O)Nc3cc(Cl)ccc32)cn1C. The van der Waals surface area contributed by atoms with Crippen molar-refractivity contribution in [1.82, 2.24) is 14.4 Å². The van der Waals surface area contributed by atoms with E-state index in [9.17, 15) is 9.59 Å². The van der Waals surface area contributed by atoms with Crippen molar-refractivity contribution in [2.75, 3.05) is 46.3 Å². The number of aliphatic imine (C=N–C) groups is 1. The molecule has 37 heavy (non-hydrogen) atoms. The van der Waals surface area contributed by atoms with Gasteiger partial charge in [0.1, 0.15) is 11.6 Å². The fraction of sp³-hybridized carbons (Fsp3) is 0.296. The molecule has 2 amide bonds. The van der Waals surface area contributed by atoms with Crippen LogP contribution >= 0.6 is 11.6 Å². The van der Waals surface area contributed by atoms with Gasteiger partial charge in [-0.1, -0.05) is 17.7 Å². The first-order valence-corrected chi connectivity index (χ1v) is 12.2. The Hall–Kier alpha value is -3.82. The van der Waals surface area contributed by atoms with Gasteiger partial charge in [0.15, 0.2) is 11.5 Å². The summed E-state index contributed by atoms with van der Waals surface area (Å²) in [5, 5.41) is 3.45. The van der Waals surface area contributed by atoms with E-state index < -0.39 is 5.92 Å². The maximum Gasteiger partial charge on any atom is 0.270 e. The molecule has 1 N–H and O–H groups in total. The van der Waals surface area contributed by atoms with Gasteiger partial charge in [-0.15, -0.1) is 0 Å². The number of benzene rings is 2. The number of likely N-dealkylation sites (N-methyl/N-ethyl adjacent to an activating group) is 2. The average molecular weight is 522 g/mol. The number of fused-ring (bicyclic) bond motifs is 2. The van der Waals surface area contributed by atoms with Crippen LogP contribution in [0.3, 0.4) is 0 Å². The summed E-state index contributed by atoms with van der Waals surface area (Å²) in [5.74, 6) is 0.249. The quantitative estimate of drug-likeness (QED) is 0.476. The van der Waals surface area contributed by atoms with Crippen LogP contribution in [0, 0.1) is 0 Å². The number of ether oxygens (including phenoxy) is 2. The number of amides is 2. The fourth-order valence-electron chi connectivity index (χ4n) is 4.46. The molecule has 0 fully saturated rings. The molecular weight excluding hydrogens is 494 g/mol. The predicted molar refractivity (Wildman–Crippen MR) is 143 cm³/mol. The van der Waals surface area contributed by atoms with Crippen molar-refractivity contribution < 1.29 is 19.1 Å². The van der Waals surface area contributed by atoms with Crippen molar-refractivity contribution in [2.45, 2.75) is 5.92 Å². The second-order valence-electron chi connectivity index (χ2n) is 9.44. The standard InChI is InChI=1S/C27H28ClN5O4/c1-31(2)9-10-32(3)27(35)21-13-18(14-33(21)4)29-25(16-5-8-22-23(11-16)37-15-36-22)24-19-7-6-17(28)12-20(19)30-26(24)34/h5-8,11-14,24H,9-10,15H2,1-4H3,(H,30,34). The van der Waals surface area contributed by atoms with Gasteiger partial charge in [-0.3, -0.25) is 14.6 Å². The van der Waals surface area contributed by atoms with E-state index in [1.165, 1.54) is 0 Å². The first-order chi connectivity index (χ1) is 17.7. The maximum absolute atomic E-state index is 13.2. The van der Waals surface area contributed by atoms with Gasteiger partial charge in [0.2, 0.25) is 12.7 Å². The third-order valence-electron chi connectivity index (χ3n) is 6.48. The number of nitrogens with one attached hydrogen (secondary N) is 1. The van der Waals surface area contributed by atoms with Crippen molar-refractivity contribution >= 4 is 40.5 Å². The monoisotopic (exact) mass is 521 g/mol. The molecule has 0 aliphatic carbocycles. The molecule has 5 rings (SSSR count). The number of halogens is 1. The van der Waals surface area contributed by atoms with E-state index in [1.807, 2.05) is 50.3 Å². The zero-order valence-electron chi connectivity index (χ0n) is 21.1. The van der Waals surface area contributed by atoms with Crippen molar-refractivity contribution in [3.8, 4) is 11.5 Å². The van der Waals surface area contributed by atoms with Crippen molar-refractivity contribution in [1.29, 1.82) is 0 Å². The van der Waals surface area contributed by atoms with Crippen LogP contribution in [0.25, 0.3) is 0 Å². The molecule has 2 aromatic carbocycles.